The van der Waals surface area contributed by atoms with Gasteiger partial charge in [0.2, 0.25) is 0 Å². The van der Waals surface area contributed by atoms with Crippen LogP contribution in [0.3, 0.4) is 0 Å². The summed E-state index contributed by atoms with van der Waals surface area (Å²) in [7, 11) is 0. The molecule has 0 heterocycles. The summed E-state index contributed by atoms with van der Waals surface area (Å²) in [6, 6.07) is 7.26. The monoisotopic (exact) mass is 332 g/mol. The molecule has 1 fully saturated rings. The van der Waals surface area contributed by atoms with Gasteiger partial charge >= 0.3 is 6.09 Å². The van der Waals surface area contributed by atoms with Crippen molar-refractivity contribution >= 4 is 6.09 Å². The third kappa shape index (κ3) is 5.23. The highest BCUT2D eigenvalue weighted by Gasteiger charge is 2.31. The van der Waals surface area contributed by atoms with Crippen molar-refractivity contribution in [2.24, 2.45) is 0 Å². The van der Waals surface area contributed by atoms with E-state index >= 15 is 0 Å². The number of alkyl carbamates (subject to hydrolysis) is 1. The second-order valence-corrected chi connectivity index (χ2v) is 8.04. The Kier molecular flexibility index (Phi) is 5.92. The molecule has 1 aromatic carbocycles. The van der Waals surface area contributed by atoms with Gasteiger partial charge in [0, 0.05) is 18.1 Å². The van der Waals surface area contributed by atoms with Crippen molar-refractivity contribution in [1.82, 2.24) is 10.6 Å². The van der Waals surface area contributed by atoms with Crippen LogP contribution in [0.5, 0.6) is 0 Å². The van der Waals surface area contributed by atoms with E-state index in [1.807, 2.05) is 20.8 Å². The van der Waals surface area contributed by atoms with Gasteiger partial charge in [0.1, 0.15) is 5.60 Å². The lowest BCUT2D eigenvalue weighted by Crippen LogP contribution is -2.48. The summed E-state index contributed by atoms with van der Waals surface area (Å²) in [5.74, 6) is 0. The molecule has 4 nitrogen and oxygen atoms in total. The van der Waals surface area contributed by atoms with E-state index in [0.717, 1.165) is 19.3 Å². The number of benzene rings is 1. The van der Waals surface area contributed by atoms with Crippen LogP contribution in [0.2, 0.25) is 0 Å². The molecule has 24 heavy (non-hydrogen) atoms. The van der Waals surface area contributed by atoms with Crippen molar-refractivity contribution in [3.8, 4) is 0 Å². The minimum atomic E-state index is -0.460. The molecule has 1 aromatic rings. The maximum absolute atomic E-state index is 12.0. The number of hydrogen-bond donors (Lipinski definition) is 2. The zero-order valence-electron chi connectivity index (χ0n) is 15.9. The molecule has 2 N–H and O–H groups in total. The number of rotatable bonds is 4. The lowest BCUT2D eigenvalue weighted by Gasteiger charge is -2.28. The summed E-state index contributed by atoms with van der Waals surface area (Å²) in [5, 5.41) is 6.75. The van der Waals surface area contributed by atoms with Crippen LogP contribution >= 0.6 is 0 Å². The Morgan fingerprint density at radius 1 is 1.21 bits per heavy atom. The predicted molar refractivity (Wildman–Crippen MR) is 98.3 cm³/mol. The molecular formula is C20H32N2O2. The molecule has 0 bridgehead atoms. The Bertz CT molecular complexity index is 577. The molecule has 1 amide bonds. The molecule has 0 aliphatic heterocycles. The standard InChI is InChI=1S/C20H32N2O2/c1-13-10-11-16(14(2)12-13)15(3)21-17-8-7-9-18(17)22-19(23)24-20(4,5)6/h10-12,15,17-18,21H,7-9H2,1-6H3,(H,22,23). The summed E-state index contributed by atoms with van der Waals surface area (Å²) >= 11 is 0. The van der Waals surface area contributed by atoms with Crippen molar-refractivity contribution in [1.29, 1.82) is 0 Å². The van der Waals surface area contributed by atoms with Crippen LogP contribution in [0, 0.1) is 13.8 Å². The van der Waals surface area contributed by atoms with Gasteiger partial charge in [-0.1, -0.05) is 23.8 Å². The molecule has 4 heteroatoms. The van der Waals surface area contributed by atoms with Gasteiger partial charge in [-0.05, 0) is 71.9 Å². The first-order valence-electron chi connectivity index (χ1n) is 8.98. The minimum Gasteiger partial charge on any atom is -0.444 e. The molecule has 134 valence electrons. The van der Waals surface area contributed by atoms with Gasteiger partial charge in [-0.15, -0.1) is 0 Å². The first-order valence-corrected chi connectivity index (χ1v) is 8.98. The van der Waals surface area contributed by atoms with Crippen molar-refractivity contribution in [2.45, 2.75) is 84.5 Å². The molecule has 0 aromatic heterocycles. The highest BCUT2D eigenvalue weighted by molar-refractivity contribution is 5.68. The maximum atomic E-state index is 12.0. The van der Waals surface area contributed by atoms with Gasteiger partial charge in [-0.2, -0.15) is 0 Å². The van der Waals surface area contributed by atoms with Crippen LogP contribution in [0.25, 0.3) is 0 Å². The van der Waals surface area contributed by atoms with Gasteiger partial charge in [0.25, 0.3) is 0 Å². The number of aryl methyl sites for hydroxylation is 2. The SMILES string of the molecule is Cc1ccc(C(C)NC2CCCC2NC(=O)OC(C)(C)C)c(C)c1. The van der Waals surface area contributed by atoms with Crippen LogP contribution in [0.1, 0.15) is 69.7 Å². The number of amides is 1. The van der Waals surface area contributed by atoms with Crippen molar-refractivity contribution in [2.75, 3.05) is 0 Å². The Hall–Kier alpha value is -1.55. The molecule has 0 radical (unpaired) electrons. The Morgan fingerprint density at radius 3 is 2.50 bits per heavy atom. The van der Waals surface area contributed by atoms with Crippen molar-refractivity contribution < 1.29 is 9.53 Å². The zero-order valence-corrected chi connectivity index (χ0v) is 15.9. The van der Waals surface area contributed by atoms with E-state index < -0.39 is 5.60 Å². The molecule has 3 atom stereocenters. The fourth-order valence-corrected chi connectivity index (χ4v) is 3.51. The van der Waals surface area contributed by atoms with E-state index in [2.05, 4.69) is 49.6 Å². The second-order valence-electron chi connectivity index (χ2n) is 8.04. The van der Waals surface area contributed by atoms with E-state index in [1.54, 1.807) is 0 Å². The molecule has 1 aliphatic carbocycles. The van der Waals surface area contributed by atoms with E-state index in [0.29, 0.717) is 0 Å². The molecule has 1 saturated carbocycles. The molecule has 0 saturated heterocycles. The lowest BCUT2D eigenvalue weighted by molar-refractivity contribution is 0.0497. The Balaban J connectivity index is 1.96. The highest BCUT2D eigenvalue weighted by Crippen LogP contribution is 2.25. The summed E-state index contributed by atoms with van der Waals surface area (Å²) in [5.41, 5.74) is 3.46. The van der Waals surface area contributed by atoms with E-state index in [9.17, 15) is 4.79 Å². The van der Waals surface area contributed by atoms with E-state index in [-0.39, 0.29) is 24.2 Å². The van der Waals surface area contributed by atoms with Crippen LogP contribution in [0.4, 0.5) is 4.79 Å². The normalized spacial score (nSPS) is 22.2. The Morgan fingerprint density at radius 2 is 1.88 bits per heavy atom. The minimum absolute atomic E-state index is 0.132. The number of carbonyl (C=O) groups is 1. The fraction of sp³-hybridized carbons (Fsp3) is 0.650. The largest absolute Gasteiger partial charge is 0.444 e. The highest BCUT2D eigenvalue weighted by atomic mass is 16.6. The number of nitrogens with one attached hydrogen (secondary N) is 2. The number of ether oxygens (including phenoxy) is 1. The molecule has 3 unspecified atom stereocenters. The third-order valence-electron chi connectivity index (χ3n) is 4.57. The maximum Gasteiger partial charge on any atom is 0.407 e. The van der Waals surface area contributed by atoms with Crippen molar-refractivity contribution in [3.63, 3.8) is 0 Å². The molecular weight excluding hydrogens is 300 g/mol. The predicted octanol–water partition coefficient (Wildman–Crippen LogP) is 4.40. The van der Waals surface area contributed by atoms with Gasteiger partial charge in [-0.3, -0.25) is 0 Å². The van der Waals surface area contributed by atoms with Gasteiger partial charge in [-0.25, -0.2) is 4.79 Å². The summed E-state index contributed by atoms with van der Waals surface area (Å²) in [6.07, 6.45) is 2.88. The van der Waals surface area contributed by atoms with Crippen molar-refractivity contribution in [3.05, 3.63) is 34.9 Å². The average Bonchev–Trinajstić information content (AvgIpc) is 2.83. The first-order chi connectivity index (χ1) is 11.2. The topological polar surface area (TPSA) is 50.4 Å². The second kappa shape index (κ2) is 7.56. The van der Waals surface area contributed by atoms with Crippen LogP contribution in [-0.2, 0) is 4.74 Å². The third-order valence-corrected chi connectivity index (χ3v) is 4.57. The van der Waals surface area contributed by atoms with E-state index in [4.69, 9.17) is 4.74 Å². The van der Waals surface area contributed by atoms with Crippen LogP contribution in [-0.4, -0.2) is 23.8 Å². The number of carbonyl (C=O) groups excluding carboxylic acids is 1. The van der Waals surface area contributed by atoms with E-state index in [1.165, 1.54) is 16.7 Å². The fourth-order valence-electron chi connectivity index (χ4n) is 3.51. The summed E-state index contributed by atoms with van der Waals surface area (Å²) in [4.78, 5) is 12.0. The quantitative estimate of drug-likeness (QED) is 0.859. The molecule has 2 rings (SSSR count). The van der Waals surface area contributed by atoms with Crippen LogP contribution < -0.4 is 10.6 Å². The van der Waals surface area contributed by atoms with Gasteiger partial charge < -0.3 is 15.4 Å². The summed E-state index contributed by atoms with van der Waals surface area (Å²) in [6.45, 7) is 12.1. The van der Waals surface area contributed by atoms with Gasteiger partial charge in [0.15, 0.2) is 0 Å². The smallest absolute Gasteiger partial charge is 0.407 e. The summed E-state index contributed by atoms with van der Waals surface area (Å²) < 4.78 is 5.39. The average molecular weight is 332 g/mol. The lowest BCUT2D eigenvalue weighted by atomic mass is 9.99. The number of hydrogen-bond acceptors (Lipinski definition) is 3. The van der Waals surface area contributed by atoms with Gasteiger partial charge in [0.05, 0.1) is 0 Å². The first kappa shape index (κ1) is 18.8. The molecule has 1 aliphatic rings. The zero-order chi connectivity index (χ0) is 17.9. The molecule has 0 spiro atoms. The van der Waals surface area contributed by atoms with Crippen LogP contribution in [0.15, 0.2) is 18.2 Å². The Labute approximate surface area is 146 Å².